The number of hydrogen-bond donors (Lipinski definition) is 2. The number of aliphatic hydroxyl groups excluding tert-OH is 1. The van der Waals surface area contributed by atoms with Crippen LogP contribution in [0.4, 0.5) is 4.79 Å². The molecule has 0 radical (unpaired) electrons. The van der Waals surface area contributed by atoms with Gasteiger partial charge in [-0.1, -0.05) is 11.6 Å². The fourth-order valence-corrected chi connectivity index (χ4v) is 2.27. The van der Waals surface area contributed by atoms with Gasteiger partial charge in [0.2, 0.25) is 0 Å². The monoisotopic (exact) mass is 298 g/mol. The molecule has 2 rings (SSSR count). The van der Waals surface area contributed by atoms with E-state index in [1.165, 1.54) is 0 Å². The van der Waals surface area contributed by atoms with Crippen molar-refractivity contribution >= 4 is 17.6 Å². The molecular weight excluding hydrogens is 280 g/mol. The second-order valence-electron chi connectivity index (χ2n) is 4.68. The van der Waals surface area contributed by atoms with Crippen LogP contribution in [0.25, 0.3) is 0 Å². The molecule has 0 fully saturated rings. The summed E-state index contributed by atoms with van der Waals surface area (Å²) in [6.07, 6.45) is 1.47. The Morgan fingerprint density at radius 2 is 2.30 bits per heavy atom. The van der Waals surface area contributed by atoms with Crippen molar-refractivity contribution < 1.29 is 14.6 Å². The number of unbranched alkanes of at least 4 members (excludes halogenated alkanes) is 1. The number of ether oxygens (including phenoxy) is 1. The Hall–Kier alpha value is -1.46. The minimum Gasteiger partial charge on any atom is -0.491 e. The van der Waals surface area contributed by atoms with Gasteiger partial charge >= 0.3 is 6.03 Å². The molecule has 1 aliphatic heterocycles. The van der Waals surface area contributed by atoms with E-state index in [1.54, 1.807) is 11.0 Å². The molecule has 6 heteroatoms. The molecule has 2 N–H and O–H groups in total. The van der Waals surface area contributed by atoms with Gasteiger partial charge in [-0.3, -0.25) is 0 Å². The van der Waals surface area contributed by atoms with Crippen LogP contribution >= 0.6 is 11.6 Å². The Kier molecular flexibility index (Phi) is 5.49. The standard InChI is InChI=1S/C14H19ClN2O3/c15-12-3-4-13-11(9-12)10-17(6-8-20-13)14(19)16-5-1-2-7-18/h3-4,9,18H,1-2,5-8,10H2,(H,16,19). The first-order valence-corrected chi connectivity index (χ1v) is 7.13. The van der Waals surface area contributed by atoms with Crippen molar-refractivity contribution in [3.8, 4) is 5.75 Å². The Balaban J connectivity index is 1.94. The quantitative estimate of drug-likeness (QED) is 0.836. The van der Waals surface area contributed by atoms with Gasteiger partial charge in [0.15, 0.2) is 0 Å². The number of halogens is 1. The molecule has 0 aromatic heterocycles. The number of nitrogens with zero attached hydrogens (tertiary/aromatic N) is 1. The van der Waals surface area contributed by atoms with Crippen LogP contribution in [0.3, 0.4) is 0 Å². The molecule has 1 heterocycles. The Morgan fingerprint density at radius 1 is 1.45 bits per heavy atom. The first-order chi connectivity index (χ1) is 9.70. The fourth-order valence-electron chi connectivity index (χ4n) is 2.08. The summed E-state index contributed by atoms with van der Waals surface area (Å²) in [4.78, 5) is 13.8. The van der Waals surface area contributed by atoms with Crippen molar-refractivity contribution in [2.75, 3.05) is 26.3 Å². The van der Waals surface area contributed by atoms with Crippen LogP contribution in [0.2, 0.25) is 5.02 Å². The maximum atomic E-state index is 12.1. The molecule has 1 aromatic rings. The van der Waals surface area contributed by atoms with Gasteiger partial charge in [0.25, 0.3) is 0 Å². The third-order valence-electron chi connectivity index (χ3n) is 3.15. The van der Waals surface area contributed by atoms with E-state index in [4.69, 9.17) is 21.4 Å². The average Bonchev–Trinajstić information content (AvgIpc) is 2.65. The highest BCUT2D eigenvalue weighted by atomic mass is 35.5. The van der Waals surface area contributed by atoms with Gasteiger partial charge in [-0.15, -0.1) is 0 Å². The van der Waals surface area contributed by atoms with E-state index in [9.17, 15) is 4.79 Å². The van der Waals surface area contributed by atoms with E-state index >= 15 is 0 Å². The molecule has 5 nitrogen and oxygen atoms in total. The third kappa shape index (κ3) is 4.02. The van der Waals surface area contributed by atoms with Crippen molar-refractivity contribution in [1.29, 1.82) is 0 Å². The number of amides is 2. The molecule has 2 amide bonds. The number of hydrogen-bond acceptors (Lipinski definition) is 3. The van der Waals surface area contributed by atoms with Crippen LogP contribution in [-0.4, -0.2) is 42.3 Å². The lowest BCUT2D eigenvalue weighted by atomic mass is 10.2. The summed E-state index contributed by atoms with van der Waals surface area (Å²) in [6, 6.07) is 5.33. The normalized spacial score (nSPS) is 14.2. The van der Waals surface area contributed by atoms with Gasteiger partial charge < -0.3 is 20.1 Å². The molecule has 0 spiro atoms. The lowest BCUT2D eigenvalue weighted by molar-refractivity contribution is 0.187. The van der Waals surface area contributed by atoms with E-state index in [0.29, 0.717) is 37.7 Å². The fraction of sp³-hybridized carbons (Fsp3) is 0.500. The maximum Gasteiger partial charge on any atom is 0.317 e. The molecule has 110 valence electrons. The summed E-state index contributed by atoms with van der Waals surface area (Å²) in [7, 11) is 0. The topological polar surface area (TPSA) is 61.8 Å². The summed E-state index contributed by atoms with van der Waals surface area (Å²) in [5.74, 6) is 0.782. The van der Waals surface area contributed by atoms with Crippen LogP contribution in [0.15, 0.2) is 18.2 Å². The first-order valence-electron chi connectivity index (χ1n) is 6.75. The van der Waals surface area contributed by atoms with Crippen LogP contribution in [0, 0.1) is 0 Å². The van der Waals surface area contributed by atoms with E-state index in [2.05, 4.69) is 5.32 Å². The second kappa shape index (κ2) is 7.36. The minimum absolute atomic E-state index is 0.112. The van der Waals surface area contributed by atoms with Gasteiger partial charge in [-0.25, -0.2) is 4.79 Å². The molecule has 20 heavy (non-hydrogen) atoms. The Morgan fingerprint density at radius 3 is 3.10 bits per heavy atom. The molecular formula is C14H19ClN2O3. The van der Waals surface area contributed by atoms with Crippen molar-refractivity contribution in [1.82, 2.24) is 10.2 Å². The zero-order valence-electron chi connectivity index (χ0n) is 11.3. The minimum atomic E-state index is -0.112. The van der Waals surface area contributed by atoms with Crippen LogP contribution in [0.5, 0.6) is 5.75 Å². The number of aliphatic hydroxyl groups is 1. The van der Waals surface area contributed by atoms with Crippen molar-refractivity contribution in [2.24, 2.45) is 0 Å². The van der Waals surface area contributed by atoms with Crippen LogP contribution in [0.1, 0.15) is 18.4 Å². The molecule has 1 aliphatic rings. The smallest absolute Gasteiger partial charge is 0.317 e. The lowest BCUT2D eigenvalue weighted by Gasteiger charge is -2.20. The van der Waals surface area contributed by atoms with Gasteiger partial charge in [0.05, 0.1) is 13.1 Å². The molecule has 0 bridgehead atoms. The van der Waals surface area contributed by atoms with Gasteiger partial charge in [0, 0.05) is 23.7 Å². The predicted molar refractivity (Wildman–Crippen MR) is 77.1 cm³/mol. The number of carbonyl (C=O) groups is 1. The highest BCUT2D eigenvalue weighted by Crippen LogP contribution is 2.26. The number of nitrogens with one attached hydrogen (secondary N) is 1. The average molecular weight is 299 g/mol. The highest BCUT2D eigenvalue weighted by Gasteiger charge is 2.19. The summed E-state index contributed by atoms with van der Waals surface area (Å²) < 4.78 is 5.61. The summed E-state index contributed by atoms with van der Waals surface area (Å²) in [6.45, 7) is 2.22. The second-order valence-corrected chi connectivity index (χ2v) is 5.12. The van der Waals surface area contributed by atoms with Crippen LogP contribution in [-0.2, 0) is 6.54 Å². The zero-order chi connectivity index (χ0) is 14.4. The van der Waals surface area contributed by atoms with Crippen molar-refractivity contribution in [3.63, 3.8) is 0 Å². The number of rotatable bonds is 4. The first kappa shape index (κ1) is 14.9. The SMILES string of the molecule is O=C(NCCCCO)N1CCOc2ccc(Cl)cc2C1. The molecule has 0 aliphatic carbocycles. The van der Waals surface area contributed by atoms with Gasteiger partial charge in [-0.2, -0.15) is 0 Å². The third-order valence-corrected chi connectivity index (χ3v) is 3.39. The van der Waals surface area contributed by atoms with Crippen molar-refractivity contribution in [2.45, 2.75) is 19.4 Å². The Labute approximate surface area is 123 Å². The van der Waals surface area contributed by atoms with Crippen molar-refractivity contribution in [3.05, 3.63) is 28.8 Å². The lowest BCUT2D eigenvalue weighted by Crippen LogP contribution is -2.41. The summed E-state index contributed by atoms with van der Waals surface area (Å²) >= 11 is 5.98. The number of carbonyl (C=O) groups excluding carboxylic acids is 1. The zero-order valence-corrected chi connectivity index (χ0v) is 12.0. The highest BCUT2D eigenvalue weighted by molar-refractivity contribution is 6.30. The number of fused-ring (bicyclic) bond motifs is 1. The van der Waals surface area contributed by atoms with E-state index in [0.717, 1.165) is 17.7 Å². The largest absolute Gasteiger partial charge is 0.491 e. The number of urea groups is 1. The molecule has 1 aromatic carbocycles. The molecule has 0 atom stereocenters. The molecule has 0 saturated carbocycles. The molecule has 0 saturated heterocycles. The molecule has 0 unspecified atom stereocenters. The summed E-state index contributed by atoms with van der Waals surface area (Å²) in [5.41, 5.74) is 0.917. The predicted octanol–water partition coefficient (Wildman–Crippen LogP) is 2.02. The van der Waals surface area contributed by atoms with Gasteiger partial charge in [0.1, 0.15) is 12.4 Å². The Bertz CT molecular complexity index is 468. The van der Waals surface area contributed by atoms with E-state index < -0.39 is 0 Å². The maximum absolute atomic E-state index is 12.1. The van der Waals surface area contributed by atoms with Crippen LogP contribution < -0.4 is 10.1 Å². The number of benzene rings is 1. The summed E-state index contributed by atoms with van der Waals surface area (Å²) in [5, 5.41) is 12.2. The van der Waals surface area contributed by atoms with E-state index in [-0.39, 0.29) is 12.6 Å². The van der Waals surface area contributed by atoms with E-state index in [1.807, 2.05) is 12.1 Å². The van der Waals surface area contributed by atoms with Gasteiger partial charge in [-0.05, 0) is 31.0 Å².